The SMILES string of the molecule is CO[C@@H](/C=C/c1csc(-c2csc(C(C)C)n2)n1)[C@@H](C)C(=O)N1C(=O)OC[C@H]1COCc1ccccc1. The molecule has 3 aromatic rings. The standard InChI is InChI=1S/C27H31N3O5S2/c1-17(2)24-29-22(16-37-24)25-28-20(15-36-25)10-11-23(33-4)18(3)26(31)30-21(14-35-27(30)32)13-34-12-19-8-6-5-7-9-19/h5-11,15-18,21,23H,12-14H2,1-4H3/b11-10+/t18-,21-,23+/m1/s1. The lowest BCUT2D eigenvalue weighted by atomic mass is 10.0. The number of methoxy groups -OCH3 is 1. The number of aromatic nitrogens is 2. The maximum atomic E-state index is 13.3. The van der Waals surface area contributed by atoms with Gasteiger partial charge in [-0.25, -0.2) is 19.7 Å². The Morgan fingerprint density at radius 3 is 2.68 bits per heavy atom. The number of benzene rings is 1. The summed E-state index contributed by atoms with van der Waals surface area (Å²) in [6.45, 7) is 6.67. The summed E-state index contributed by atoms with van der Waals surface area (Å²) < 4.78 is 16.5. The van der Waals surface area contributed by atoms with Crippen LogP contribution in [0, 0.1) is 5.92 Å². The molecule has 0 aliphatic carbocycles. The Balaban J connectivity index is 1.37. The van der Waals surface area contributed by atoms with E-state index in [9.17, 15) is 9.59 Å². The fourth-order valence-corrected chi connectivity index (χ4v) is 5.52. The van der Waals surface area contributed by atoms with Gasteiger partial charge in [-0.3, -0.25) is 4.79 Å². The number of cyclic esters (lactones) is 1. The number of nitrogens with zero attached hydrogens (tertiary/aromatic N) is 3. The van der Waals surface area contributed by atoms with Crippen LogP contribution >= 0.6 is 22.7 Å². The van der Waals surface area contributed by atoms with Gasteiger partial charge in [0, 0.05) is 23.8 Å². The van der Waals surface area contributed by atoms with Gasteiger partial charge in [-0.05, 0) is 11.6 Å². The van der Waals surface area contributed by atoms with E-state index in [0.29, 0.717) is 12.5 Å². The molecule has 3 atom stereocenters. The maximum absolute atomic E-state index is 13.3. The number of ether oxygens (including phenoxy) is 3. The van der Waals surface area contributed by atoms with E-state index in [1.54, 1.807) is 24.3 Å². The van der Waals surface area contributed by atoms with Crippen molar-refractivity contribution in [1.29, 1.82) is 0 Å². The molecule has 0 unspecified atom stereocenters. The van der Waals surface area contributed by atoms with Crippen molar-refractivity contribution >= 4 is 40.8 Å². The molecule has 0 spiro atoms. The van der Waals surface area contributed by atoms with Crippen molar-refractivity contribution < 1.29 is 23.8 Å². The van der Waals surface area contributed by atoms with Crippen molar-refractivity contribution in [3.8, 4) is 10.7 Å². The molecular weight excluding hydrogens is 510 g/mol. The summed E-state index contributed by atoms with van der Waals surface area (Å²) in [5.74, 6) is -0.605. The number of imide groups is 1. The highest BCUT2D eigenvalue weighted by Gasteiger charge is 2.41. The van der Waals surface area contributed by atoms with Crippen molar-refractivity contribution in [2.75, 3.05) is 20.3 Å². The van der Waals surface area contributed by atoms with E-state index in [1.165, 1.54) is 18.4 Å². The van der Waals surface area contributed by atoms with Gasteiger partial charge < -0.3 is 14.2 Å². The molecule has 1 saturated heterocycles. The van der Waals surface area contributed by atoms with Gasteiger partial charge in [-0.2, -0.15) is 0 Å². The summed E-state index contributed by atoms with van der Waals surface area (Å²) in [7, 11) is 1.54. The van der Waals surface area contributed by atoms with Crippen LogP contribution < -0.4 is 0 Å². The maximum Gasteiger partial charge on any atom is 0.417 e. The van der Waals surface area contributed by atoms with Crippen LogP contribution in [-0.2, 0) is 25.6 Å². The monoisotopic (exact) mass is 541 g/mol. The molecule has 10 heteroatoms. The predicted molar refractivity (Wildman–Crippen MR) is 144 cm³/mol. The Bertz CT molecular complexity index is 1220. The van der Waals surface area contributed by atoms with E-state index in [2.05, 4.69) is 23.8 Å². The minimum atomic E-state index is -0.655. The van der Waals surface area contributed by atoms with E-state index < -0.39 is 24.2 Å². The second kappa shape index (κ2) is 12.6. The minimum Gasteiger partial charge on any atom is -0.447 e. The highest BCUT2D eigenvalue weighted by molar-refractivity contribution is 7.14. The van der Waals surface area contributed by atoms with E-state index in [0.717, 1.165) is 31.9 Å². The molecule has 37 heavy (non-hydrogen) atoms. The Morgan fingerprint density at radius 2 is 1.97 bits per heavy atom. The fourth-order valence-electron chi connectivity index (χ4n) is 3.87. The molecule has 4 rings (SSSR count). The fraction of sp³-hybridized carbons (Fsp3) is 0.407. The lowest BCUT2D eigenvalue weighted by Gasteiger charge is -2.25. The molecule has 1 fully saturated rings. The van der Waals surface area contributed by atoms with E-state index in [1.807, 2.05) is 47.2 Å². The molecule has 0 saturated carbocycles. The van der Waals surface area contributed by atoms with Gasteiger partial charge in [0.25, 0.3) is 0 Å². The zero-order valence-corrected chi connectivity index (χ0v) is 23.0. The minimum absolute atomic E-state index is 0.107. The predicted octanol–water partition coefficient (Wildman–Crippen LogP) is 5.62. The van der Waals surface area contributed by atoms with Gasteiger partial charge in [0.1, 0.15) is 23.4 Å². The smallest absolute Gasteiger partial charge is 0.417 e. The summed E-state index contributed by atoms with van der Waals surface area (Å²) in [6.07, 6.45) is 2.42. The van der Waals surface area contributed by atoms with E-state index in [-0.39, 0.29) is 19.1 Å². The molecule has 1 aromatic carbocycles. The summed E-state index contributed by atoms with van der Waals surface area (Å²) in [6, 6.07) is 9.24. The largest absolute Gasteiger partial charge is 0.447 e. The molecule has 2 amide bonds. The van der Waals surface area contributed by atoms with Crippen LogP contribution in [0.3, 0.4) is 0 Å². The zero-order chi connectivity index (χ0) is 26.4. The number of thiazole rings is 2. The number of hydrogen-bond acceptors (Lipinski definition) is 9. The Hall–Kier alpha value is -2.92. The van der Waals surface area contributed by atoms with Gasteiger partial charge >= 0.3 is 6.09 Å². The molecule has 8 nitrogen and oxygen atoms in total. The van der Waals surface area contributed by atoms with Crippen LogP contribution in [0.15, 0.2) is 47.2 Å². The topological polar surface area (TPSA) is 90.9 Å². The van der Waals surface area contributed by atoms with Gasteiger partial charge in [-0.15, -0.1) is 22.7 Å². The molecule has 196 valence electrons. The lowest BCUT2D eigenvalue weighted by Crippen LogP contribution is -2.46. The van der Waals surface area contributed by atoms with Crippen molar-refractivity contribution in [2.45, 2.75) is 45.4 Å². The first-order valence-corrected chi connectivity index (χ1v) is 13.9. The van der Waals surface area contributed by atoms with E-state index in [4.69, 9.17) is 14.2 Å². The number of carbonyl (C=O) groups is 2. The average molecular weight is 542 g/mol. The third-order valence-corrected chi connectivity index (χ3v) is 8.02. The van der Waals surface area contributed by atoms with Gasteiger partial charge in [0.05, 0.1) is 35.9 Å². The number of amides is 2. The van der Waals surface area contributed by atoms with Crippen LogP contribution in [0.4, 0.5) is 4.79 Å². The van der Waals surface area contributed by atoms with Crippen LogP contribution in [-0.4, -0.2) is 59.3 Å². The van der Waals surface area contributed by atoms with Crippen molar-refractivity contribution in [3.05, 3.63) is 63.4 Å². The first-order chi connectivity index (χ1) is 17.9. The quantitative estimate of drug-likeness (QED) is 0.311. The zero-order valence-electron chi connectivity index (χ0n) is 21.3. The number of carbonyl (C=O) groups excluding carboxylic acids is 2. The summed E-state index contributed by atoms with van der Waals surface area (Å²) in [4.78, 5) is 36.2. The summed E-state index contributed by atoms with van der Waals surface area (Å²) in [5, 5.41) is 5.89. The van der Waals surface area contributed by atoms with E-state index >= 15 is 0 Å². The highest BCUT2D eigenvalue weighted by Crippen LogP contribution is 2.29. The molecular formula is C27H31N3O5S2. The number of hydrogen-bond donors (Lipinski definition) is 0. The number of rotatable bonds is 11. The molecule has 1 aliphatic heterocycles. The van der Waals surface area contributed by atoms with Gasteiger partial charge in [0.2, 0.25) is 5.91 Å². The Morgan fingerprint density at radius 1 is 1.19 bits per heavy atom. The van der Waals surface area contributed by atoms with Crippen molar-refractivity contribution in [1.82, 2.24) is 14.9 Å². The molecule has 1 aliphatic rings. The van der Waals surface area contributed by atoms with Crippen LogP contribution in [0.5, 0.6) is 0 Å². The van der Waals surface area contributed by atoms with Gasteiger partial charge in [0.15, 0.2) is 0 Å². The van der Waals surface area contributed by atoms with Crippen LogP contribution in [0.2, 0.25) is 0 Å². The van der Waals surface area contributed by atoms with Gasteiger partial charge in [-0.1, -0.05) is 57.2 Å². The van der Waals surface area contributed by atoms with Crippen molar-refractivity contribution in [2.24, 2.45) is 5.92 Å². The molecule has 2 aromatic heterocycles. The lowest BCUT2D eigenvalue weighted by molar-refractivity contribution is -0.137. The molecule has 3 heterocycles. The van der Waals surface area contributed by atoms with Crippen molar-refractivity contribution in [3.63, 3.8) is 0 Å². The van der Waals surface area contributed by atoms with Crippen LogP contribution in [0.25, 0.3) is 16.8 Å². The first kappa shape index (κ1) is 27.1. The Kier molecular flexibility index (Phi) is 9.20. The molecule has 0 bridgehead atoms. The third-order valence-electron chi connectivity index (χ3n) is 5.99. The van der Waals surface area contributed by atoms with Crippen LogP contribution in [0.1, 0.15) is 43.0 Å². The second-order valence-corrected chi connectivity index (χ2v) is 10.8. The molecule has 0 N–H and O–H groups in total. The average Bonchev–Trinajstić information content (AvgIpc) is 3.65. The first-order valence-electron chi connectivity index (χ1n) is 12.1. The normalized spacial score (nSPS) is 17.5. The Labute approximate surface area is 224 Å². The molecule has 0 radical (unpaired) electrons. The summed E-state index contributed by atoms with van der Waals surface area (Å²) in [5.41, 5.74) is 2.65. The third kappa shape index (κ3) is 6.70. The highest BCUT2D eigenvalue weighted by atomic mass is 32.1. The second-order valence-electron chi connectivity index (χ2n) is 9.09. The summed E-state index contributed by atoms with van der Waals surface area (Å²) >= 11 is 3.15.